The fourth-order valence-electron chi connectivity index (χ4n) is 2.52. The van der Waals surface area contributed by atoms with Crippen LogP contribution in [0.15, 0.2) is 24.3 Å². The Morgan fingerprint density at radius 2 is 1.90 bits per heavy atom. The molecule has 0 atom stereocenters. The lowest BCUT2D eigenvalue weighted by Crippen LogP contribution is -2.34. The van der Waals surface area contributed by atoms with Crippen LogP contribution in [0.1, 0.15) is 44.1 Å². The first-order valence-electron chi connectivity index (χ1n) is 7.70. The van der Waals surface area contributed by atoms with Crippen LogP contribution in [0.2, 0.25) is 0 Å². The van der Waals surface area contributed by atoms with Crippen molar-refractivity contribution in [2.24, 2.45) is 0 Å². The maximum atomic E-state index is 12.0. The number of benzene rings is 1. The molecule has 1 aliphatic heterocycles. The van der Waals surface area contributed by atoms with E-state index in [0.717, 1.165) is 38.1 Å². The lowest BCUT2D eigenvalue weighted by Gasteiger charge is -2.24. The smallest absolute Gasteiger partial charge is 0.222 e. The Morgan fingerprint density at radius 3 is 2.67 bits per heavy atom. The Labute approximate surface area is 126 Å². The van der Waals surface area contributed by atoms with Gasteiger partial charge in [-0.15, -0.1) is 0 Å². The quantitative estimate of drug-likeness (QED) is 0.781. The number of carbonyl (C=O) groups is 1. The van der Waals surface area contributed by atoms with Crippen LogP contribution in [0, 0.1) is 11.3 Å². The van der Waals surface area contributed by atoms with E-state index in [-0.39, 0.29) is 5.91 Å². The minimum absolute atomic E-state index is 0.285. The van der Waals surface area contributed by atoms with Gasteiger partial charge >= 0.3 is 0 Å². The average molecular weight is 286 g/mol. The van der Waals surface area contributed by atoms with Gasteiger partial charge in [0.1, 0.15) is 5.75 Å². The molecule has 0 bridgehead atoms. The zero-order chi connectivity index (χ0) is 14.9. The van der Waals surface area contributed by atoms with Crippen molar-refractivity contribution in [2.75, 3.05) is 19.7 Å². The van der Waals surface area contributed by atoms with Crippen LogP contribution in [-0.2, 0) is 4.79 Å². The van der Waals surface area contributed by atoms with E-state index in [9.17, 15) is 4.79 Å². The highest BCUT2D eigenvalue weighted by Gasteiger charge is 2.14. The van der Waals surface area contributed by atoms with Crippen LogP contribution in [0.5, 0.6) is 5.75 Å². The predicted molar refractivity (Wildman–Crippen MR) is 80.9 cm³/mol. The summed E-state index contributed by atoms with van der Waals surface area (Å²) in [6.07, 6.45) is 6.08. The van der Waals surface area contributed by atoms with Gasteiger partial charge in [-0.3, -0.25) is 4.79 Å². The molecule has 1 heterocycles. The highest BCUT2D eigenvalue weighted by Crippen LogP contribution is 2.13. The lowest BCUT2D eigenvalue weighted by atomic mass is 10.1. The van der Waals surface area contributed by atoms with Gasteiger partial charge in [0.15, 0.2) is 0 Å². The van der Waals surface area contributed by atoms with Crippen LogP contribution in [0.25, 0.3) is 0 Å². The standard InChI is InChI=1S/C17H22N2O2/c18-14-15-7-9-16(10-8-15)21-13-5-12-19-11-4-2-1-3-6-17(19)20/h7-10H,1-6,11-13H2. The monoisotopic (exact) mass is 286 g/mol. The van der Waals surface area contributed by atoms with Crippen molar-refractivity contribution in [3.8, 4) is 11.8 Å². The molecule has 1 aromatic carbocycles. The second kappa shape index (κ2) is 8.31. The van der Waals surface area contributed by atoms with E-state index >= 15 is 0 Å². The zero-order valence-corrected chi connectivity index (χ0v) is 12.4. The SMILES string of the molecule is N#Cc1ccc(OCCCN2CCCCCCC2=O)cc1. The summed E-state index contributed by atoms with van der Waals surface area (Å²) in [5.41, 5.74) is 0.633. The van der Waals surface area contributed by atoms with E-state index in [2.05, 4.69) is 6.07 Å². The number of hydrogen-bond acceptors (Lipinski definition) is 3. The summed E-state index contributed by atoms with van der Waals surface area (Å²) in [4.78, 5) is 13.9. The molecule has 4 nitrogen and oxygen atoms in total. The molecule has 0 radical (unpaired) electrons. The van der Waals surface area contributed by atoms with Crippen molar-refractivity contribution >= 4 is 5.91 Å². The number of nitriles is 1. The largest absolute Gasteiger partial charge is 0.494 e. The molecule has 0 saturated carbocycles. The second-order valence-electron chi connectivity index (χ2n) is 5.38. The Balaban J connectivity index is 1.70. The molecule has 1 saturated heterocycles. The minimum Gasteiger partial charge on any atom is -0.494 e. The molecule has 0 spiro atoms. The van der Waals surface area contributed by atoms with E-state index in [4.69, 9.17) is 10.00 Å². The first kappa shape index (κ1) is 15.4. The lowest BCUT2D eigenvalue weighted by molar-refractivity contribution is -0.131. The molecule has 21 heavy (non-hydrogen) atoms. The van der Waals surface area contributed by atoms with E-state index in [1.807, 2.05) is 4.90 Å². The summed E-state index contributed by atoms with van der Waals surface area (Å²) < 4.78 is 5.64. The van der Waals surface area contributed by atoms with E-state index in [1.54, 1.807) is 24.3 Å². The number of rotatable bonds is 5. The molecule has 4 heteroatoms. The molecule has 1 amide bonds. The number of carbonyl (C=O) groups excluding carboxylic acids is 1. The molecule has 0 aromatic heterocycles. The third-order valence-electron chi connectivity index (χ3n) is 3.75. The van der Waals surface area contributed by atoms with Crippen molar-refractivity contribution in [3.05, 3.63) is 29.8 Å². The van der Waals surface area contributed by atoms with E-state index < -0.39 is 0 Å². The van der Waals surface area contributed by atoms with Crippen LogP contribution in [0.4, 0.5) is 0 Å². The fourth-order valence-corrected chi connectivity index (χ4v) is 2.52. The van der Waals surface area contributed by atoms with Crippen LogP contribution in [-0.4, -0.2) is 30.5 Å². The molecule has 112 valence electrons. The summed E-state index contributed by atoms with van der Waals surface area (Å²) in [6.45, 7) is 2.25. The van der Waals surface area contributed by atoms with Crippen LogP contribution >= 0.6 is 0 Å². The normalized spacial score (nSPS) is 16.0. The summed E-state index contributed by atoms with van der Waals surface area (Å²) in [5.74, 6) is 1.06. The van der Waals surface area contributed by atoms with Crippen molar-refractivity contribution in [3.63, 3.8) is 0 Å². The maximum absolute atomic E-state index is 12.0. The maximum Gasteiger partial charge on any atom is 0.222 e. The van der Waals surface area contributed by atoms with Crippen LogP contribution in [0.3, 0.4) is 0 Å². The zero-order valence-electron chi connectivity index (χ0n) is 12.4. The molecule has 0 N–H and O–H groups in total. The molecular formula is C17H22N2O2. The Kier molecular flexibility index (Phi) is 6.08. The van der Waals surface area contributed by atoms with Gasteiger partial charge in [0.2, 0.25) is 5.91 Å². The summed E-state index contributed by atoms with van der Waals surface area (Å²) in [7, 11) is 0. The molecule has 1 aliphatic rings. The number of hydrogen-bond donors (Lipinski definition) is 0. The molecule has 1 fully saturated rings. The summed E-state index contributed by atoms with van der Waals surface area (Å²) in [5, 5.41) is 8.73. The average Bonchev–Trinajstić information content (AvgIpc) is 2.50. The summed E-state index contributed by atoms with van der Waals surface area (Å²) >= 11 is 0. The topological polar surface area (TPSA) is 53.3 Å². The Bertz CT molecular complexity index is 491. The highest BCUT2D eigenvalue weighted by molar-refractivity contribution is 5.76. The molecule has 0 unspecified atom stereocenters. The Morgan fingerprint density at radius 1 is 1.14 bits per heavy atom. The first-order valence-corrected chi connectivity index (χ1v) is 7.70. The number of nitrogens with zero attached hydrogens (tertiary/aromatic N) is 2. The number of amides is 1. The van der Waals surface area contributed by atoms with Crippen molar-refractivity contribution < 1.29 is 9.53 Å². The van der Waals surface area contributed by atoms with Gasteiger partial charge in [-0.25, -0.2) is 0 Å². The van der Waals surface area contributed by atoms with E-state index in [1.165, 1.54) is 12.8 Å². The van der Waals surface area contributed by atoms with Gasteiger partial charge in [-0.1, -0.05) is 12.8 Å². The third kappa shape index (κ3) is 5.11. The number of likely N-dealkylation sites (tertiary alicyclic amines) is 1. The molecule has 1 aromatic rings. The van der Waals surface area contributed by atoms with Crippen molar-refractivity contribution in [2.45, 2.75) is 38.5 Å². The van der Waals surface area contributed by atoms with Gasteiger partial charge in [0, 0.05) is 19.5 Å². The van der Waals surface area contributed by atoms with Gasteiger partial charge in [-0.2, -0.15) is 5.26 Å². The van der Waals surface area contributed by atoms with Gasteiger partial charge in [-0.05, 0) is 43.5 Å². The van der Waals surface area contributed by atoms with Crippen molar-refractivity contribution in [1.29, 1.82) is 5.26 Å². The predicted octanol–water partition coefficient (Wildman–Crippen LogP) is 3.12. The highest BCUT2D eigenvalue weighted by atomic mass is 16.5. The Hall–Kier alpha value is -2.02. The second-order valence-corrected chi connectivity index (χ2v) is 5.38. The summed E-state index contributed by atoms with van der Waals surface area (Å²) in [6, 6.07) is 9.19. The fraction of sp³-hybridized carbons (Fsp3) is 0.529. The molecule has 0 aliphatic carbocycles. The minimum atomic E-state index is 0.285. The van der Waals surface area contributed by atoms with E-state index in [0.29, 0.717) is 18.6 Å². The first-order chi connectivity index (χ1) is 10.3. The van der Waals surface area contributed by atoms with Crippen LogP contribution < -0.4 is 4.74 Å². The van der Waals surface area contributed by atoms with Gasteiger partial charge in [0.05, 0.1) is 18.2 Å². The number of ether oxygens (including phenoxy) is 1. The third-order valence-corrected chi connectivity index (χ3v) is 3.75. The molecular weight excluding hydrogens is 264 g/mol. The molecule has 2 rings (SSSR count). The van der Waals surface area contributed by atoms with Gasteiger partial charge < -0.3 is 9.64 Å². The van der Waals surface area contributed by atoms with Crippen molar-refractivity contribution in [1.82, 2.24) is 4.90 Å². The van der Waals surface area contributed by atoms with Gasteiger partial charge in [0.25, 0.3) is 0 Å².